The molecular weight excluding hydrogens is 490 g/mol. The van der Waals surface area contributed by atoms with Crippen molar-refractivity contribution in [3.8, 4) is 28.5 Å². The molecule has 7 heteroatoms. The van der Waals surface area contributed by atoms with Crippen LogP contribution in [0.1, 0.15) is 15.9 Å². The molecule has 1 amide bonds. The normalized spacial score (nSPS) is 10.3. The molecule has 0 fully saturated rings. The van der Waals surface area contributed by atoms with Crippen molar-refractivity contribution in [1.29, 1.82) is 5.26 Å². The molecule has 0 unspecified atom stereocenters. The lowest BCUT2D eigenvalue weighted by molar-refractivity contribution is -0.119. The summed E-state index contributed by atoms with van der Waals surface area (Å²) in [7, 11) is 0. The average Bonchev–Trinajstić information content (AvgIpc) is 3.35. The van der Waals surface area contributed by atoms with Gasteiger partial charge in [0.15, 0.2) is 6.61 Å². The van der Waals surface area contributed by atoms with Gasteiger partial charge in [0.05, 0.1) is 11.3 Å². The minimum atomic E-state index is -0.668. The molecule has 7 nitrogen and oxygen atoms in total. The molecule has 2 N–H and O–H groups in total. The number of carbonyl (C=O) groups is 2. The van der Waals surface area contributed by atoms with Crippen LogP contribution in [0.5, 0.6) is 0 Å². The highest BCUT2D eigenvalue weighted by atomic mass is 16.5. The van der Waals surface area contributed by atoms with Crippen molar-refractivity contribution >= 4 is 29.1 Å². The van der Waals surface area contributed by atoms with E-state index in [-0.39, 0.29) is 17.0 Å². The van der Waals surface area contributed by atoms with Gasteiger partial charge in [0, 0.05) is 16.8 Å². The van der Waals surface area contributed by atoms with Gasteiger partial charge in [-0.15, -0.1) is 0 Å². The van der Waals surface area contributed by atoms with Crippen molar-refractivity contribution in [3.05, 3.63) is 126 Å². The van der Waals surface area contributed by atoms with Gasteiger partial charge < -0.3 is 14.5 Å². The van der Waals surface area contributed by atoms with Gasteiger partial charge in [-0.2, -0.15) is 5.26 Å². The smallest absolute Gasteiger partial charge is 0.340 e. The van der Waals surface area contributed by atoms with Gasteiger partial charge in [-0.1, -0.05) is 91.0 Å². The molecule has 1 aromatic heterocycles. The van der Waals surface area contributed by atoms with Gasteiger partial charge in [-0.05, 0) is 29.8 Å². The monoisotopic (exact) mass is 513 g/mol. The van der Waals surface area contributed by atoms with Crippen LogP contribution in [-0.2, 0) is 9.53 Å². The number of carbonyl (C=O) groups excluding carboxylic acids is 2. The quantitative estimate of drug-likeness (QED) is 0.216. The zero-order valence-electron chi connectivity index (χ0n) is 20.8. The molecule has 39 heavy (non-hydrogen) atoms. The average molecular weight is 514 g/mol. The summed E-state index contributed by atoms with van der Waals surface area (Å²) < 4.78 is 11.3. The number of para-hydroxylation sites is 2. The van der Waals surface area contributed by atoms with Gasteiger partial charge in [0.25, 0.3) is 5.91 Å². The van der Waals surface area contributed by atoms with Gasteiger partial charge in [-0.25, -0.2) is 4.79 Å². The Hall–Kier alpha value is -5.61. The summed E-state index contributed by atoms with van der Waals surface area (Å²) in [4.78, 5) is 25.7. The number of amides is 1. The summed E-state index contributed by atoms with van der Waals surface area (Å²) in [6, 6.07) is 37.1. The van der Waals surface area contributed by atoms with Crippen LogP contribution in [0.15, 0.2) is 120 Å². The lowest BCUT2D eigenvalue weighted by Gasteiger charge is -2.11. The van der Waals surface area contributed by atoms with E-state index in [0.29, 0.717) is 17.0 Å². The highest BCUT2D eigenvalue weighted by Gasteiger charge is 2.24. The summed E-state index contributed by atoms with van der Waals surface area (Å²) in [6.07, 6.45) is 0. The van der Waals surface area contributed by atoms with Gasteiger partial charge in [-0.3, -0.25) is 10.1 Å². The highest BCUT2D eigenvalue weighted by molar-refractivity contribution is 6.00. The first-order valence-electron chi connectivity index (χ1n) is 12.2. The molecule has 0 spiro atoms. The number of hydrogen-bond donors (Lipinski definition) is 2. The fourth-order valence-electron chi connectivity index (χ4n) is 4.12. The summed E-state index contributed by atoms with van der Waals surface area (Å²) in [5.41, 5.74) is 3.90. The Morgan fingerprint density at radius 3 is 2.03 bits per heavy atom. The highest BCUT2D eigenvalue weighted by Crippen LogP contribution is 2.41. The van der Waals surface area contributed by atoms with E-state index in [0.717, 1.165) is 16.8 Å². The van der Waals surface area contributed by atoms with E-state index in [9.17, 15) is 14.9 Å². The largest absolute Gasteiger partial charge is 0.452 e. The van der Waals surface area contributed by atoms with Gasteiger partial charge in [0.1, 0.15) is 17.4 Å². The third kappa shape index (κ3) is 5.71. The van der Waals surface area contributed by atoms with Crippen molar-refractivity contribution < 1.29 is 18.7 Å². The van der Waals surface area contributed by atoms with Crippen LogP contribution in [0, 0.1) is 11.3 Å². The Morgan fingerprint density at radius 2 is 1.36 bits per heavy atom. The summed E-state index contributed by atoms with van der Waals surface area (Å²) in [5.74, 6) is -0.866. The third-order valence-electron chi connectivity index (χ3n) is 5.91. The van der Waals surface area contributed by atoms with E-state index < -0.39 is 18.5 Å². The molecule has 0 aliphatic rings. The standard InChI is InChI=1S/C32H23N3O4/c33-20-26-29(22-12-4-1-5-13-22)30(23-14-6-2-7-15-23)39-31(26)35-28(36)21-38-32(37)25-18-10-11-19-27(25)34-24-16-8-3-9-17-24/h1-19,34H,21H2,(H,35,36). The number of anilines is 3. The predicted octanol–water partition coefficient (Wildman–Crippen LogP) is 7.02. The van der Waals surface area contributed by atoms with Crippen molar-refractivity contribution in [1.82, 2.24) is 0 Å². The Labute approximate surface area is 225 Å². The number of nitrogens with one attached hydrogen (secondary N) is 2. The first-order chi connectivity index (χ1) is 19.1. The number of nitriles is 1. The second-order valence-electron chi connectivity index (χ2n) is 8.52. The molecule has 0 atom stereocenters. The minimum Gasteiger partial charge on any atom is -0.452 e. The lowest BCUT2D eigenvalue weighted by Crippen LogP contribution is -2.21. The van der Waals surface area contributed by atoms with Crippen LogP contribution >= 0.6 is 0 Å². The van der Waals surface area contributed by atoms with Crippen LogP contribution in [-0.4, -0.2) is 18.5 Å². The van der Waals surface area contributed by atoms with Gasteiger partial charge >= 0.3 is 5.97 Å². The second kappa shape index (κ2) is 11.6. The number of ether oxygens (including phenoxy) is 1. The third-order valence-corrected chi connectivity index (χ3v) is 5.91. The number of nitrogens with zero attached hydrogens (tertiary/aromatic N) is 1. The van der Waals surface area contributed by atoms with E-state index in [4.69, 9.17) is 9.15 Å². The lowest BCUT2D eigenvalue weighted by atomic mass is 9.98. The van der Waals surface area contributed by atoms with Crippen LogP contribution < -0.4 is 10.6 Å². The van der Waals surface area contributed by atoms with Gasteiger partial charge in [0.2, 0.25) is 5.88 Å². The van der Waals surface area contributed by atoms with E-state index in [1.54, 1.807) is 24.3 Å². The maximum absolute atomic E-state index is 12.8. The van der Waals surface area contributed by atoms with Crippen molar-refractivity contribution in [2.45, 2.75) is 0 Å². The van der Waals surface area contributed by atoms with Crippen molar-refractivity contribution in [3.63, 3.8) is 0 Å². The van der Waals surface area contributed by atoms with Crippen LogP contribution in [0.3, 0.4) is 0 Å². The first kappa shape index (κ1) is 25.1. The molecule has 0 saturated heterocycles. The maximum Gasteiger partial charge on any atom is 0.340 e. The molecule has 0 radical (unpaired) electrons. The first-order valence-corrected chi connectivity index (χ1v) is 12.2. The zero-order chi connectivity index (χ0) is 27.0. The molecule has 5 aromatic rings. The molecule has 0 saturated carbocycles. The second-order valence-corrected chi connectivity index (χ2v) is 8.52. The van der Waals surface area contributed by atoms with E-state index in [1.165, 1.54) is 0 Å². The summed E-state index contributed by atoms with van der Waals surface area (Å²) >= 11 is 0. The Kier molecular flexibility index (Phi) is 7.47. The predicted molar refractivity (Wildman–Crippen MR) is 149 cm³/mol. The maximum atomic E-state index is 12.8. The summed E-state index contributed by atoms with van der Waals surface area (Å²) in [6.45, 7) is -0.564. The van der Waals surface area contributed by atoms with E-state index >= 15 is 0 Å². The summed E-state index contributed by atoms with van der Waals surface area (Å²) in [5, 5.41) is 15.8. The number of rotatable bonds is 8. The van der Waals surface area contributed by atoms with Crippen molar-refractivity contribution in [2.24, 2.45) is 0 Å². The van der Waals surface area contributed by atoms with E-state index in [2.05, 4.69) is 16.7 Å². The Balaban J connectivity index is 1.35. The molecule has 4 aromatic carbocycles. The SMILES string of the molecule is N#Cc1c(NC(=O)COC(=O)c2ccccc2Nc2ccccc2)oc(-c2ccccc2)c1-c1ccccc1. The Bertz CT molecular complexity index is 1640. The van der Waals surface area contributed by atoms with E-state index in [1.807, 2.05) is 91.0 Å². The fraction of sp³-hybridized carbons (Fsp3) is 0.0312. The number of furan rings is 1. The molecule has 1 heterocycles. The van der Waals surface area contributed by atoms with Crippen molar-refractivity contribution in [2.75, 3.05) is 17.2 Å². The molecule has 0 bridgehead atoms. The molecule has 0 aliphatic heterocycles. The van der Waals surface area contributed by atoms with Crippen LogP contribution in [0.2, 0.25) is 0 Å². The number of benzene rings is 4. The number of hydrogen-bond acceptors (Lipinski definition) is 6. The topological polar surface area (TPSA) is 104 Å². The molecular formula is C32H23N3O4. The van der Waals surface area contributed by atoms with Crippen LogP contribution in [0.25, 0.3) is 22.5 Å². The molecule has 0 aliphatic carbocycles. The van der Waals surface area contributed by atoms with Crippen LogP contribution in [0.4, 0.5) is 17.3 Å². The number of esters is 1. The minimum absolute atomic E-state index is 0.0117. The molecule has 190 valence electrons. The fourth-order valence-corrected chi connectivity index (χ4v) is 4.12. The molecule has 5 rings (SSSR count). The Morgan fingerprint density at radius 1 is 0.769 bits per heavy atom. The zero-order valence-corrected chi connectivity index (χ0v) is 20.8.